The zero-order valence-electron chi connectivity index (χ0n) is 11.1. The number of hydrogen-bond acceptors (Lipinski definition) is 3. The summed E-state index contributed by atoms with van der Waals surface area (Å²) < 4.78 is 13.6. The molecule has 3 nitrogen and oxygen atoms in total. The standard InChI is InChI=1S/C14H19FN2OS/c1-19-14(6-3-2-4-7-14)10-17-13(18)11-5-8-16-9-12(11)15/h5,8-9H,2-4,6-7,10H2,1H3,(H,17,18). The largest absolute Gasteiger partial charge is 0.351 e. The van der Waals surface area contributed by atoms with Crippen molar-refractivity contribution < 1.29 is 9.18 Å². The number of amides is 1. The summed E-state index contributed by atoms with van der Waals surface area (Å²) in [5, 5.41) is 2.87. The molecule has 1 N–H and O–H groups in total. The van der Waals surface area contributed by atoms with Crippen LogP contribution in [-0.4, -0.2) is 28.4 Å². The first-order chi connectivity index (χ1) is 9.17. The highest BCUT2D eigenvalue weighted by Gasteiger charge is 2.31. The summed E-state index contributed by atoms with van der Waals surface area (Å²) in [7, 11) is 0. The number of hydrogen-bond donors (Lipinski definition) is 1. The molecule has 0 atom stereocenters. The molecule has 1 aliphatic carbocycles. The molecule has 104 valence electrons. The molecule has 19 heavy (non-hydrogen) atoms. The summed E-state index contributed by atoms with van der Waals surface area (Å²) in [5.41, 5.74) is 0.0714. The van der Waals surface area contributed by atoms with E-state index in [1.165, 1.54) is 31.5 Å². The molecule has 0 bridgehead atoms. The topological polar surface area (TPSA) is 42.0 Å². The summed E-state index contributed by atoms with van der Waals surface area (Å²) in [5.74, 6) is -0.916. The Labute approximate surface area is 117 Å². The molecule has 1 saturated carbocycles. The number of aromatic nitrogens is 1. The third-order valence-electron chi connectivity index (χ3n) is 3.79. The minimum Gasteiger partial charge on any atom is -0.351 e. The Morgan fingerprint density at radius 2 is 2.21 bits per heavy atom. The van der Waals surface area contributed by atoms with E-state index in [-0.39, 0.29) is 16.2 Å². The second-order valence-electron chi connectivity index (χ2n) is 4.99. The summed E-state index contributed by atoms with van der Waals surface area (Å²) >= 11 is 1.81. The van der Waals surface area contributed by atoms with Crippen LogP contribution in [0.15, 0.2) is 18.5 Å². The first kappa shape index (κ1) is 14.3. The molecule has 0 aliphatic heterocycles. The van der Waals surface area contributed by atoms with Crippen LogP contribution < -0.4 is 5.32 Å². The van der Waals surface area contributed by atoms with Gasteiger partial charge in [0.1, 0.15) is 0 Å². The highest BCUT2D eigenvalue weighted by molar-refractivity contribution is 8.00. The molecular weight excluding hydrogens is 263 g/mol. The van der Waals surface area contributed by atoms with Crippen LogP contribution in [0.1, 0.15) is 42.5 Å². The Morgan fingerprint density at radius 3 is 2.84 bits per heavy atom. The molecule has 1 heterocycles. The minimum atomic E-state index is -0.568. The van der Waals surface area contributed by atoms with E-state index in [1.807, 2.05) is 11.8 Å². The molecule has 1 fully saturated rings. The van der Waals surface area contributed by atoms with Gasteiger partial charge in [0, 0.05) is 17.5 Å². The maximum atomic E-state index is 13.5. The summed E-state index contributed by atoms with van der Waals surface area (Å²) in [6.45, 7) is 0.606. The van der Waals surface area contributed by atoms with Crippen LogP contribution in [0.4, 0.5) is 4.39 Å². The number of carbonyl (C=O) groups is 1. The quantitative estimate of drug-likeness (QED) is 0.923. The van der Waals surface area contributed by atoms with Gasteiger partial charge in [0.2, 0.25) is 0 Å². The number of rotatable bonds is 4. The van der Waals surface area contributed by atoms with Gasteiger partial charge in [-0.05, 0) is 25.2 Å². The molecule has 5 heteroatoms. The molecule has 2 rings (SSSR count). The first-order valence-corrected chi connectivity index (χ1v) is 7.82. The summed E-state index contributed by atoms with van der Waals surface area (Å²) in [6.07, 6.45) is 10.5. The highest BCUT2D eigenvalue weighted by Crippen LogP contribution is 2.37. The smallest absolute Gasteiger partial charge is 0.254 e. The van der Waals surface area contributed by atoms with Crippen LogP contribution in [0, 0.1) is 5.82 Å². The van der Waals surface area contributed by atoms with E-state index in [2.05, 4.69) is 16.6 Å². The monoisotopic (exact) mass is 282 g/mol. The minimum absolute atomic E-state index is 0.0714. The van der Waals surface area contributed by atoms with Crippen LogP contribution in [-0.2, 0) is 0 Å². The summed E-state index contributed by atoms with van der Waals surface area (Å²) in [6, 6.07) is 1.41. The fourth-order valence-corrected chi connectivity index (χ4v) is 3.46. The number of thioether (sulfide) groups is 1. The lowest BCUT2D eigenvalue weighted by Gasteiger charge is -2.35. The molecule has 0 radical (unpaired) electrons. The fourth-order valence-electron chi connectivity index (χ4n) is 2.55. The number of halogens is 1. The van der Waals surface area contributed by atoms with E-state index in [4.69, 9.17) is 0 Å². The Balaban J connectivity index is 1.98. The van der Waals surface area contributed by atoms with E-state index < -0.39 is 5.82 Å². The van der Waals surface area contributed by atoms with Crippen molar-refractivity contribution in [1.29, 1.82) is 0 Å². The number of nitrogens with one attached hydrogen (secondary N) is 1. The molecule has 0 aromatic carbocycles. The van der Waals surface area contributed by atoms with Gasteiger partial charge < -0.3 is 5.32 Å². The number of nitrogens with zero attached hydrogens (tertiary/aromatic N) is 1. The number of carbonyl (C=O) groups excluding carboxylic acids is 1. The van der Waals surface area contributed by atoms with Crippen molar-refractivity contribution in [2.45, 2.75) is 36.9 Å². The first-order valence-electron chi connectivity index (χ1n) is 6.60. The van der Waals surface area contributed by atoms with Gasteiger partial charge in [-0.25, -0.2) is 4.39 Å². The van der Waals surface area contributed by atoms with E-state index in [9.17, 15) is 9.18 Å². The van der Waals surface area contributed by atoms with Crippen LogP contribution >= 0.6 is 11.8 Å². The van der Waals surface area contributed by atoms with Gasteiger partial charge in [0.25, 0.3) is 5.91 Å². The van der Waals surface area contributed by atoms with Crippen LogP contribution in [0.2, 0.25) is 0 Å². The van der Waals surface area contributed by atoms with Crippen LogP contribution in [0.5, 0.6) is 0 Å². The lowest BCUT2D eigenvalue weighted by Crippen LogP contribution is -2.42. The van der Waals surface area contributed by atoms with E-state index >= 15 is 0 Å². The average molecular weight is 282 g/mol. The third kappa shape index (κ3) is 3.47. The fraction of sp³-hybridized carbons (Fsp3) is 0.571. The Hall–Kier alpha value is -1.10. The zero-order chi connectivity index (χ0) is 13.7. The third-order valence-corrected chi connectivity index (χ3v) is 5.20. The normalized spacial score (nSPS) is 18.0. The molecule has 1 amide bonds. The van der Waals surface area contributed by atoms with Gasteiger partial charge in [-0.2, -0.15) is 11.8 Å². The molecule has 0 saturated heterocycles. The summed E-state index contributed by atoms with van der Waals surface area (Å²) in [4.78, 5) is 15.6. The Morgan fingerprint density at radius 1 is 1.47 bits per heavy atom. The maximum absolute atomic E-state index is 13.5. The van der Waals surface area contributed by atoms with Gasteiger partial charge >= 0.3 is 0 Å². The molecule has 1 aromatic heterocycles. The molecule has 1 aromatic rings. The molecule has 0 spiro atoms. The Kier molecular flexibility index (Phi) is 4.80. The predicted octanol–water partition coefficient (Wildman–Crippen LogP) is 3.02. The van der Waals surface area contributed by atoms with Crippen molar-refractivity contribution >= 4 is 17.7 Å². The predicted molar refractivity (Wildman–Crippen MR) is 75.9 cm³/mol. The van der Waals surface area contributed by atoms with Gasteiger partial charge in [-0.3, -0.25) is 9.78 Å². The SMILES string of the molecule is CSC1(CNC(=O)c2ccncc2F)CCCCC1. The van der Waals surface area contributed by atoms with Crippen molar-refractivity contribution in [3.8, 4) is 0 Å². The number of pyridine rings is 1. The van der Waals surface area contributed by atoms with Gasteiger partial charge in [0.05, 0.1) is 11.8 Å². The average Bonchev–Trinajstić information content (AvgIpc) is 2.46. The van der Waals surface area contributed by atoms with Crippen LogP contribution in [0.3, 0.4) is 0 Å². The lowest BCUT2D eigenvalue weighted by atomic mass is 9.88. The second-order valence-corrected chi connectivity index (χ2v) is 6.26. The van der Waals surface area contributed by atoms with Gasteiger partial charge in [-0.1, -0.05) is 19.3 Å². The van der Waals surface area contributed by atoms with E-state index in [0.717, 1.165) is 19.0 Å². The van der Waals surface area contributed by atoms with Crippen molar-refractivity contribution in [2.24, 2.45) is 0 Å². The van der Waals surface area contributed by atoms with E-state index in [1.54, 1.807) is 0 Å². The Bertz CT molecular complexity index is 447. The molecular formula is C14H19FN2OS. The van der Waals surface area contributed by atoms with Crippen molar-refractivity contribution in [3.05, 3.63) is 29.8 Å². The van der Waals surface area contributed by atoms with Crippen molar-refractivity contribution in [1.82, 2.24) is 10.3 Å². The zero-order valence-corrected chi connectivity index (χ0v) is 11.9. The van der Waals surface area contributed by atoms with Crippen molar-refractivity contribution in [2.75, 3.05) is 12.8 Å². The maximum Gasteiger partial charge on any atom is 0.254 e. The van der Waals surface area contributed by atoms with Gasteiger partial charge in [-0.15, -0.1) is 0 Å². The lowest BCUT2D eigenvalue weighted by molar-refractivity contribution is 0.0942. The molecule has 0 unspecified atom stereocenters. The second kappa shape index (κ2) is 6.37. The highest BCUT2D eigenvalue weighted by atomic mass is 32.2. The molecule has 1 aliphatic rings. The van der Waals surface area contributed by atoms with E-state index in [0.29, 0.717) is 6.54 Å². The van der Waals surface area contributed by atoms with Crippen molar-refractivity contribution in [3.63, 3.8) is 0 Å². The van der Waals surface area contributed by atoms with Crippen LogP contribution in [0.25, 0.3) is 0 Å². The van der Waals surface area contributed by atoms with Gasteiger partial charge in [0.15, 0.2) is 5.82 Å².